The summed E-state index contributed by atoms with van der Waals surface area (Å²) in [4.78, 5) is 47.5. The number of nitrogens with two attached hydrogens (primary N) is 1. The lowest BCUT2D eigenvalue weighted by Gasteiger charge is -2.19. The van der Waals surface area contributed by atoms with Gasteiger partial charge in [0.25, 0.3) is 0 Å². The van der Waals surface area contributed by atoms with Crippen LogP contribution in [-0.2, 0) is 37.5 Å². The van der Waals surface area contributed by atoms with Gasteiger partial charge in [0, 0.05) is 37.6 Å². The first-order valence-corrected chi connectivity index (χ1v) is 23.1. The maximum atomic E-state index is 12.6. The summed E-state index contributed by atoms with van der Waals surface area (Å²) in [5, 5.41) is 20.7. The van der Waals surface area contributed by atoms with Crippen LogP contribution in [0.4, 0.5) is 0 Å². The number of carbonyl (C=O) groups excluding carboxylic acids is 3. The number of aliphatic hydroxyl groups is 2. The van der Waals surface area contributed by atoms with Crippen molar-refractivity contribution in [3.05, 3.63) is 36.5 Å². The van der Waals surface area contributed by atoms with Crippen LogP contribution < -0.4 is 5.73 Å². The van der Waals surface area contributed by atoms with Crippen molar-refractivity contribution in [1.82, 2.24) is 0 Å². The second kappa shape index (κ2) is 33.8. The standard InChI is InChI=1S/C43H76NO11P/c1-3-5-7-8-9-10-11-12-13-14-15-16-17-18-24-28-43(49)55-37(35-54-56(50,51)53-32-31-44)34-52-42(48)27-23-20-19-22-26-38-39(41(47)33-40(38)46)30-29-36(45)25-21-6-4-2/h12-13,19,22,29-30,36-39,41,45,47H,3-11,14-18,20-21,23-28,31-35,44H2,1-2H3,(H,50,51)/b13-12-,22-19-,30-29+/t36-,37+,38+,39+,41+/m0/s1. The number of ketones is 1. The fourth-order valence-corrected chi connectivity index (χ4v) is 7.32. The molecule has 1 fully saturated rings. The van der Waals surface area contributed by atoms with Crippen molar-refractivity contribution in [3.63, 3.8) is 0 Å². The smallest absolute Gasteiger partial charge is 0.462 e. The van der Waals surface area contributed by atoms with Crippen LogP contribution in [0.25, 0.3) is 0 Å². The van der Waals surface area contributed by atoms with Gasteiger partial charge in [-0.2, -0.15) is 0 Å². The average molecular weight is 814 g/mol. The number of ether oxygens (including phenoxy) is 2. The van der Waals surface area contributed by atoms with E-state index in [0.717, 1.165) is 57.8 Å². The van der Waals surface area contributed by atoms with Crippen LogP contribution in [0.2, 0.25) is 0 Å². The number of unbranched alkanes of at least 4 members (excludes halogenated alkanes) is 14. The van der Waals surface area contributed by atoms with E-state index in [9.17, 15) is 34.1 Å². The van der Waals surface area contributed by atoms with Crippen LogP contribution in [-0.4, -0.2) is 77.5 Å². The number of phosphoric acid groups is 1. The van der Waals surface area contributed by atoms with Crippen LogP contribution in [0.5, 0.6) is 0 Å². The van der Waals surface area contributed by atoms with Gasteiger partial charge in [-0.1, -0.05) is 121 Å². The third-order valence-electron chi connectivity index (χ3n) is 9.87. The normalized spacial score (nSPS) is 19.6. The monoisotopic (exact) mass is 814 g/mol. The Labute approximate surface area is 337 Å². The molecular formula is C43H76NO11P. The molecule has 0 aromatic rings. The second-order valence-electron chi connectivity index (χ2n) is 15.0. The number of aliphatic hydroxyl groups excluding tert-OH is 2. The van der Waals surface area contributed by atoms with E-state index >= 15 is 0 Å². The van der Waals surface area contributed by atoms with E-state index in [1.54, 1.807) is 12.2 Å². The number of allylic oxidation sites excluding steroid dienone is 4. The lowest BCUT2D eigenvalue weighted by Crippen LogP contribution is -2.29. The van der Waals surface area contributed by atoms with E-state index in [4.69, 9.17) is 24.3 Å². The molecule has 0 spiro atoms. The number of esters is 2. The molecule has 1 aliphatic rings. The number of phosphoric ester groups is 1. The zero-order chi connectivity index (χ0) is 41.3. The first-order chi connectivity index (χ1) is 27.0. The molecule has 1 saturated carbocycles. The van der Waals surface area contributed by atoms with Gasteiger partial charge >= 0.3 is 19.8 Å². The lowest BCUT2D eigenvalue weighted by molar-refractivity contribution is -0.161. The maximum absolute atomic E-state index is 12.6. The van der Waals surface area contributed by atoms with Crippen molar-refractivity contribution in [3.8, 4) is 0 Å². The molecule has 0 bridgehead atoms. The zero-order valence-electron chi connectivity index (χ0n) is 34.6. The summed E-state index contributed by atoms with van der Waals surface area (Å²) in [5.74, 6) is -1.75. The Morgan fingerprint density at radius 1 is 0.804 bits per heavy atom. The van der Waals surface area contributed by atoms with Gasteiger partial charge in [0.1, 0.15) is 12.4 Å². The van der Waals surface area contributed by atoms with Crippen LogP contribution in [0, 0.1) is 11.8 Å². The quantitative estimate of drug-likeness (QED) is 0.0204. The molecule has 0 aliphatic heterocycles. The molecule has 0 amide bonds. The van der Waals surface area contributed by atoms with E-state index in [1.807, 2.05) is 12.2 Å². The molecule has 12 nitrogen and oxygen atoms in total. The topological polar surface area (TPSA) is 192 Å². The Morgan fingerprint density at radius 3 is 2.07 bits per heavy atom. The highest BCUT2D eigenvalue weighted by Gasteiger charge is 2.39. The van der Waals surface area contributed by atoms with Crippen molar-refractivity contribution >= 4 is 25.5 Å². The third kappa shape index (κ3) is 27.5. The minimum atomic E-state index is -4.44. The Balaban J connectivity index is 2.42. The van der Waals surface area contributed by atoms with Gasteiger partial charge in [-0.3, -0.25) is 23.4 Å². The number of hydrogen-bond donors (Lipinski definition) is 4. The Kier molecular flexibility index (Phi) is 31.2. The van der Waals surface area contributed by atoms with Gasteiger partial charge in [0.05, 0.1) is 25.4 Å². The van der Waals surface area contributed by atoms with E-state index in [0.29, 0.717) is 32.1 Å². The van der Waals surface area contributed by atoms with E-state index in [2.05, 4.69) is 26.0 Å². The molecule has 56 heavy (non-hydrogen) atoms. The highest BCUT2D eigenvalue weighted by atomic mass is 31.2. The van der Waals surface area contributed by atoms with Crippen molar-refractivity contribution < 1.29 is 52.6 Å². The predicted octanol–water partition coefficient (Wildman–Crippen LogP) is 8.75. The molecule has 1 aliphatic carbocycles. The first-order valence-electron chi connectivity index (χ1n) is 21.6. The molecule has 1 rings (SSSR count). The van der Waals surface area contributed by atoms with Gasteiger partial charge < -0.3 is 30.3 Å². The van der Waals surface area contributed by atoms with Crippen molar-refractivity contribution in [1.29, 1.82) is 0 Å². The van der Waals surface area contributed by atoms with Gasteiger partial charge in [0.15, 0.2) is 6.10 Å². The van der Waals surface area contributed by atoms with Gasteiger partial charge in [0.2, 0.25) is 0 Å². The van der Waals surface area contributed by atoms with Crippen LogP contribution in [0.3, 0.4) is 0 Å². The summed E-state index contributed by atoms with van der Waals surface area (Å²) < 4.78 is 32.7. The number of Topliss-reactive ketones (excluding diaryl/α,β-unsaturated/α-hetero) is 1. The lowest BCUT2D eigenvalue weighted by atomic mass is 9.90. The molecule has 0 heterocycles. The highest BCUT2D eigenvalue weighted by Crippen LogP contribution is 2.43. The van der Waals surface area contributed by atoms with E-state index in [1.165, 1.54) is 38.5 Å². The Bertz CT molecular complexity index is 1180. The summed E-state index contributed by atoms with van der Waals surface area (Å²) in [6, 6.07) is 0. The summed E-state index contributed by atoms with van der Waals surface area (Å²) in [7, 11) is -4.44. The molecule has 0 aromatic carbocycles. The second-order valence-corrected chi connectivity index (χ2v) is 16.4. The molecule has 13 heteroatoms. The van der Waals surface area contributed by atoms with Gasteiger partial charge in [-0.15, -0.1) is 0 Å². The minimum absolute atomic E-state index is 0.00347. The molecule has 6 atom stereocenters. The molecule has 0 radical (unpaired) electrons. The molecule has 1 unspecified atom stereocenters. The average Bonchev–Trinajstić information content (AvgIpc) is 3.44. The van der Waals surface area contributed by atoms with Crippen molar-refractivity contribution in [2.75, 3.05) is 26.4 Å². The molecule has 5 N–H and O–H groups in total. The predicted molar refractivity (Wildman–Crippen MR) is 221 cm³/mol. The molecular weight excluding hydrogens is 737 g/mol. The molecule has 0 aromatic heterocycles. The molecule has 324 valence electrons. The SMILES string of the molecule is CCCCCCCC/C=C\CCCCCCCC(=O)O[C@H](COC(=O)CCC/C=C\C[C@H]1C(=O)C[C@@H](O)[C@@H]1/C=C/[C@@H](O)CCCCC)COP(=O)(O)OCCN. The minimum Gasteiger partial charge on any atom is -0.462 e. The van der Waals surface area contributed by atoms with Gasteiger partial charge in [-0.25, -0.2) is 4.57 Å². The Hall–Kier alpha value is -2.18. The van der Waals surface area contributed by atoms with Crippen LogP contribution >= 0.6 is 7.82 Å². The number of hydrogen-bond acceptors (Lipinski definition) is 11. The first kappa shape index (κ1) is 51.8. The van der Waals surface area contributed by atoms with Crippen molar-refractivity contribution in [2.45, 2.75) is 180 Å². The zero-order valence-corrected chi connectivity index (χ0v) is 35.5. The number of carbonyl (C=O) groups is 3. The fraction of sp³-hybridized carbons (Fsp3) is 0.791. The Morgan fingerprint density at radius 2 is 1.39 bits per heavy atom. The van der Waals surface area contributed by atoms with E-state index in [-0.39, 0.29) is 56.6 Å². The maximum Gasteiger partial charge on any atom is 0.472 e. The fourth-order valence-electron chi connectivity index (χ4n) is 6.55. The summed E-state index contributed by atoms with van der Waals surface area (Å²) >= 11 is 0. The summed E-state index contributed by atoms with van der Waals surface area (Å²) in [6.07, 6.45) is 29.7. The highest BCUT2D eigenvalue weighted by molar-refractivity contribution is 7.47. The van der Waals surface area contributed by atoms with Crippen LogP contribution in [0.1, 0.15) is 162 Å². The summed E-state index contributed by atoms with van der Waals surface area (Å²) in [5.41, 5.74) is 5.34. The van der Waals surface area contributed by atoms with E-state index < -0.39 is 44.7 Å². The van der Waals surface area contributed by atoms with Crippen LogP contribution in [0.15, 0.2) is 36.5 Å². The third-order valence-corrected chi connectivity index (χ3v) is 10.9. The van der Waals surface area contributed by atoms with Crippen molar-refractivity contribution in [2.24, 2.45) is 17.6 Å². The summed E-state index contributed by atoms with van der Waals surface area (Å²) in [6.45, 7) is 3.30. The van der Waals surface area contributed by atoms with Gasteiger partial charge in [-0.05, 0) is 57.8 Å². The molecule has 0 saturated heterocycles. The number of rotatable bonds is 36. The largest absolute Gasteiger partial charge is 0.472 e.